The fourth-order valence-corrected chi connectivity index (χ4v) is 3.23. The first-order chi connectivity index (χ1) is 13.7. The van der Waals surface area contributed by atoms with Gasteiger partial charge in [-0.3, -0.25) is 4.79 Å². The van der Waals surface area contributed by atoms with E-state index >= 15 is 0 Å². The Morgan fingerprint density at radius 2 is 1.75 bits per heavy atom. The third-order valence-corrected chi connectivity index (χ3v) is 4.67. The second-order valence-corrected chi connectivity index (χ2v) is 6.50. The molecule has 1 N–H and O–H groups in total. The SMILES string of the molecule is O=C(c1cccnc1Nc1cccc(F)c1)N1CCN(c2ccccn2)CC1. The molecule has 1 saturated heterocycles. The molecule has 142 valence electrons. The van der Waals surface area contributed by atoms with Crippen LogP contribution in [0.1, 0.15) is 10.4 Å². The first-order valence-electron chi connectivity index (χ1n) is 9.13. The molecule has 0 unspecified atom stereocenters. The first-order valence-corrected chi connectivity index (χ1v) is 9.13. The largest absolute Gasteiger partial charge is 0.353 e. The van der Waals surface area contributed by atoms with Gasteiger partial charge in [0, 0.05) is 44.3 Å². The van der Waals surface area contributed by atoms with Crippen LogP contribution in [0.5, 0.6) is 0 Å². The van der Waals surface area contributed by atoms with Crippen molar-refractivity contribution in [2.45, 2.75) is 0 Å². The molecule has 0 spiro atoms. The molecule has 0 aliphatic carbocycles. The molecule has 28 heavy (non-hydrogen) atoms. The Morgan fingerprint density at radius 1 is 0.929 bits per heavy atom. The number of benzene rings is 1. The summed E-state index contributed by atoms with van der Waals surface area (Å²) in [5.74, 6) is 0.904. The van der Waals surface area contributed by atoms with E-state index in [2.05, 4.69) is 20.2 Å². The second-order valence-electron chi connectivity index (χ2n) is 6.50. The Labute approximate surface area is 162 Å². The molecule has 3 heterocycles. The number of aromatic nitrogens is 2. The molecule has 0 atom stereocenters. The van der Waals surface area contributed by atoms with Gasteiger partial charge in [0.15, 0.2) is 0 Å². The molecule has 1 fully saturated rings. The molecular weight excluding hydrogens is 357 g/mol. The number of nitrogens with zero attached hydrogens (tertiary/aromatic N) is 4. The number of rotatable bonds is 4. The number of anilines is 3. The van der Waals surface area contributed by atoms with Crippen LogP contribution in [0.4, 0.5) is 21.7 Å². The number of halogens is 1. The van der Waals surface area contributed by atoms with Crippen molar-refractivity contribution < 1.29 is 9.18 Å². The van der Waals surface area contributed by atoms with E-state index in [4.69, 9.17) is 0 Å². The van der Waals surface area contributed by atoms with Crippen molar-refractivity contribution in [3.05, 3.63) is 78.4 Å². The summed E-state index contributed by atoms with van der Waals surface area (Å²) in [6, 6.07) is 15.4. The molecule has 0 radical (unpaired) electrons. The van der Waals surface area contributed by atoms with E-state index in [1.54, 1.807) is 36.7 Å². The molecule has 4 rings (SSSR count). The van der Waals surface area contributed by atoms with Crippen molar-refractivity contribution in [1.82, 2.24) is 14.9 Å². The van der Waals surface area contributed by atoms with Crippen LogP contribution >= 0.6 is 0 Å². The lowest BCUT2D eigenvalue weighted by atomic mass is 10.2. The van der Waals surface area contributed by atoms with Gasteiger partial charge in [-0.2, -0.15) is 0 Å². The van der Waals surface area contributed by atoms with Crippen molar-refractivity contribution >= 4 is 23.2 Å². The summed E-state index contributed by atoms with van der Waals surface area (Å²) >= 11 is 0. The van der Waals surface area contributed by atoms with Crippen LogP contribution < -0.4 is 10.2 Å². The molecule has 7 heteroatoms. The summed E-state index contributed by atoms with van der Waals surface area (Å²) in [6.45, 7) is 2.64. The van der Waals surface area contributed by atoms with Gasteiger partial charge in [0.25, 0.3) is 5.91 Å². The van der Waals surface area contributed by atoms with Crippen LogP contribution in [0, 0.1) is 5.82 Å². The number of carbonyl (C=O) groups excluding carboxylic acids is 1. The molecule has 3 aromatic rings. The van der Waals surface area contributed by atoms with Crippen molar-refractivity contribution in [3.8, 4) is 0 Å². The predicted octanol–water partition coefficient (Wildman–Crippen LogP) is 3.32. The molecule has 1 aromatic carbocycles. The summed E-state index contributed by atoms with van der Waals surface area (Å²) < 4.78 is 13.5. The Hall–Kier alpha value is -3.48. The minimum atomic E-state index is -0.348. The molecular formula is C21H20FN5O. The lowest BCUT2D eigenvalue weighted by molar-refractivity contribution is 0.0747. The zero-order chi connectivity index (χ0) is 19.3. The summed E-state index contributed by atoms with van der Waals surface area (Å²) in [6.07, 6.45) is 3.38. The minimum absolute atomic E-state index is 0.0901. The monoisotopic (exact) mass is 377 g/mol. The molecule has 0 saturated carbocycles. The Kier molecular flexibility index (Phi) is 5.14. The maximum absolute atomic E-state index is 13.5. The van der Waals surface area contributed by atoms with Gasteiger partial charge in [-0.25, -0.2) is 14.4 Å². The van der Waals surface area contributed by atoms with Crippen molar-refractivity contribution in [3.63, 3.8) is 0 Å². The average molecular weight is 377 g/mol. The van der Waals surface area contributed by atoms with Crippen molar-refractivity contribution in [2.75, 3.05) is 36.4 Å². The first kappa shape index (κ1) is 17.9. The lowest BCUT2D eigenvalue weighted by Crippen LogP contribution is -2.49. The van der Waals surface area contributed by atoms with Crippen LogP contribution in [0.15, 0.2) is 67.0 Å². The van der Waals surface area contributed by atoms with Crippen LogP contribution in [0.3, 0.4) is 0 Å². The maximum atomic E-state index is 13.5. The number of nitrogens with one attached hydrogen (secondary N) is 1. The van der Waals surface area contributed by atoms with E-state index in [0.717, 1.165) is 18.9 Å². The second kappa shape index (κ2) is 8.04. The lowest BCUT2D eigenvalue weighted by Gasteiger charge is -2.35. The van der Waals surface area contributed by atoms with E-state index in [-0.39, 0.29) is 11.7 Å². The number of carbonyl (C=O) groups is 1. The van der Waals surface area contributed by atoms with E-state index in [1.807, 2.05) is 23.1 Å². The third kappa shape index (κ3) is 3.93. The van der Waals surface area contributed by atoms with Gasteiger partial charge >= 0.3 is 0 Å². The molecule has 6 nitrogen and oxygen atoms in total. The van der Waals surface area contributed by atoms with E-state index in [9.17, 15) is 9.18 Å². The van der Waals surface area contributed by atoms with Gasteiger partial charge in [-0.05, 0) is 42.5 Å². The Morgan fingerprint density at radius 3 is 2.50 bits per heavy atom. The average Bonchev–Trinajstić information content (AvgIpc) is 2.74. The highest BCUT2D eigenvalue weighted by atomic mass is 19.1. The summed E-state index contributed by atoms with van der Waals surface area (Å²) in [4.78, 5) is 25.7. The number of amides is 1. The zero-order valence-electron chi connectivity index (χ0n) is 15.3. The Balaban J connectivity index is 1.47. The number of hydrogen-bond acceptors (Lipinski definition) is 5. The fraction of sp³-hybridized carbons (Fsp3) is 0.190. The highest BCUT2D eigenvalue weighted by Crippen LogP contribution is 2.22. The van der Waals surface area contributed by atoms with Gasteiger partial charge in [-0.15, -0.1) is 0 Å². The molecule has 1 aliphatic heterocycles. The van der Waals surface area contributed by atoms with Crippen LogP contribution in [-0.4, -0.2) is 47.0 Å². The quantitative estimate of drug-likeness (QED) is 0.756. The van der Waals surface area contributed by atoms with Gasteiger partial charge in [0.2, 0.25) is 0 Å². The molecule has 1 amide bonds. The standard InChI is InChI=1S/C21H20FN5O/c22-16-5-3-6-17(15-16)25-20-18(7-4-10-24-20)21(28)27-13-11-26(12-14-27)19-8-1-2-9-23-19/h1-10,15H,11-14H2,(H,24,25). The topological polar surface area (TPSA) is 61.4 Å². The van der Waals surface area contributed by atoms with Gasteiger partial charge in [-0.1, -0.05) is 12.1 Å². The minimum Gasteiger partial charge on any atom is -0.353 e. The fourth-order valence-electron chi connectivity index (χ4n) is 3.23. The molecule has 0 bridgehead atoms. The zero-order valence-corrected chi connectivity index (χ0v) is 15.3. The highest BCUT2D eigenvalue weighted by Gasteiger charge is 2.24. The smallest absolute Gasteiger partial charge is 0.257 e. The number of piperazine rings is 1. The normalized spacial score (nSPS) is 14.0. The Bertz CT molecular complexity index is 958. The summed E-state index contributed by atoms with van der Waals surface area (Å²) in [5.41, 5.74) is 1.02. The maximum Gasteiger partial charge on any atom is 0.257 e. The van der Waals surface area contributed by atoms with Gasteiger partial charge in [0.05, 0.1) is 5.56 Å². The summed E-state index contributed by atoms with van der Waals surface area (Å²) in [7, 11) is 0. The van der Waals surface area contributed by atoms with E-state index < -0.39 is 0 Å². The van der Waals surface area contributed by atoms with Crippen LogP contribution in [0.25, 0.3) is 0 Å². The predicted molar refractivity (Wildman–Crippen MR) is 106 cm³/mol. The van der Waals surface area contributed by atoms with Crippen LogP contribution in [-0.2, 0) is 0 Å². The molecule has 2 aromatic heterocycles. The molecule has 1 aliphatic rings. The van der Waals surface area contributed by atoms with Crippen molar-refractivity contribution in [2.24, 2.45) is 0 Å². The van der Waals surface area contributed by atoms with Gasteiger partial charge < -0.3 is 15.1 Å². The van der Waals surface area contributed by atoms with E-state index in [1.165, 1.54) is 12.1 Å². The number of pyridine rings is 2. The highest BCUT2D eigenvalue weighted by molar-refractivity contribution is 5.99. The van der Waals surface area contributed by atoms with Gasteiger partial charge in [0.1, 0.15) is 17.5 Å². The number of hydrogen-bond donors (Lipinski definition) is 1. The third-order valence-electron chi connectivity index (χ3n) is 4.67. The van der Waals surface area contributed by atoms with Crippen molar-refractivity contribution in [1.29, 1.82) is 0 Å². The van der Waals surface area contributed by atoms with Crippen LogP contribution in [0.2, 0.25) is 0 Å². The van der Waals surface area contributed by atoms with E-state index in [0.29, 0.717) is 30.2 Å². The summed E-state index contributed by atoms with van der Waals surface area (Å²) in [5, 5.41) is 3.05.